The fourth-order valence-electron chi connectivity index (χ4n) is 3.32. The monoisotopic (exact) mass is 321 g/mol. The molecule has 1 fully saturated rings. The van der Waals surface area contributed by atoms with Gasteiger partial charge in [0.2, 0.25) is 0 Å². The van der Waals surface area contributed by atoms with Gasteiger partial charge in [-0.25, -0.2) is 9.97 Å². The molecule has 1 amide bonds. The first-order valence-electron chi connectivity index (χ1n) is 8.21. The largest absolute Gasteiger partial charge is 0.337 e. The van der Waals surface area contributed by atoms with Gasteiger partial charge in [-0.1, -0.05) is 0 Å². The van der Waals surface area contributed by atoms with E-state index in [9.17, 15) is 4.79 Å². The number of fused-ring (bicyclic) bond motifs is 1. The molecule has 1 aliphatic rings. The third kappa shape index (κ3) is 2.64. The van der Waals surface area contributed by atoms with Crippen molar-refractivity contribution in [1.29, 1.82) is 0 Å². The van der Waals surface area contributed by atoms with Gasteiger partial charge in [0, 0.05) is 49.5 Å². The molecule has 24 heavy (non-hydrogen) atoms. The Kier molecular flexibility index (Phi) is 3.72. The number of aromatic nitrogens is 4. The Morgan fingerprint density at radius 3 is 2.71 bits per heavy atom. The second kappa shape index (κ2) is 6.03. The number of carbonyl (C=O) groups excluding carboxylic acids is 1. The Hall–Kier alpha value is -2.76. The predicted octanol–water partition coefficient (Wildman–Crippen LogP) is 2.38. The van der Waals surface area contributed by atoms with Crippen molar-refractivity contribution in [3.05, 3.63) is 54.1 Å². The highest BCUT2D eigenvalue weighted by Crippen LogP contribution is 2.28. The van der Waals surface area contributed by atoms with Crippen LogP contribution < -0.4 is 0 Å². The first kappa shape index (κ1) is 14.8. The zero-order valence-electron chi connectivity index (χ0n) is 13.6. The molecule has 0 saturated carbocycles. The highest BCUT2D eigenvalue weighted by Gasteiger charge is 2.26. The van der Waals surface area contributed by atoms with Crippen LogP contribution in [0.4, 0.5) is 0 Å². The average molecular weight is 321 g/mol. The molecule has 1 aliphatic heterocycles. The third-order valence-corrected chi connectivity index (χ3v) is 4.73. The number of hydrogen-bond donors (Lipinski definition) is 0. The van der Waals surface area contributed by atoms with Gasteiger partial charge in [-0.15, -0.1) is 0 Å². The number of likely N-dealkylation sites (tertiary alicyclic amines) is 1. The number of piperidine rings is 1. The molecule has 4 rings (SSSR count). The fourth-order valence-corrected chi connectivity index (χ4v) is 3.32. The second-order valence-corrected chi connectivity index (χ2v) is 6.19. The number of carbonyl (C=O) groups is 1. The minimum Gasteiger partial charge on any atom is -0.337 e. The average Bonchev–Trinajstić information content (AvgIpc) is 3.07. The lowest BCUT2D eigenvalue weighted by Crippen LogP contribution is -2.38. The normalized spacial score (nSPS) is 15.8. The lowest BCUT2D eigenvalue weighted by molar-refractivity contribution is 0.0701. The van der Waals surface area contributed by atoms with Crippen molar-refractivity contribution in [3.63, 3.8) is 0 Å². The molecule has 0 aromatic carbocycles. The molecule has 0 spiro atoms. The topological polar surface area (TPSA) is 63.9 Å². The summed E-state index contributed by atoms with van der Waals surface area (Å²) in [5.74, 6) is 0.439. The highest BCUT2D eigenvalue weighted by atomic mass is 16.2. The molecule has 0 unspecified atom stereocenters. The van der Waals surface area contributed by atoms with Gasteiger partial charge in [0.25, 0.3) is 5.91 Å². The molecule has 0 atom stereocenters. The van der Waals surface area contributed by atoms with Crippen LogP contribution in [0.3, 0.4) is 0 Å². The lowest BCUT2D eigenvalue weighted by Gasteiger charge is -2.31. The van der Waals surface area contributed by atoms with Gasteiger partial charge in [-0.2, -0.15) is 5.10 Å². The summed E-state index contributed by atoms with van der Waals surface area (Å²) in [5, 5.41) is 5.14. The molecule has 122 valence electrons. The molecule has 1 saturated heterocycles. The van der Waals surface area contributed by atoms with Crippen molar-refractivity contribution in [1.82, 2.24) is 24.6 Å². The first-order chi connectivity index (χ1) is 11.7. The summed E-state index contributed by atoms with van der Waals surface area (Å²) in [5.41, 5.74) is 2.51. The van der Waals surface area contributed by atoms with Crippen LogP contribution in [0.15, 0.2) is 42.7 Å². The van der Waals surface area contributed by atoms with Crippen LogP contribution in [0, 0.1) is 0 Å². The van der Waals surface area contributed by atoms with Gasteiger partial charge >= 0.3 is 0 Å². The minimum absolute atomic E-state index is 0.0570. The smallest absolute Gasteiger partial charge is 0.272 e. The van der Waals surface area contributed by atoms with Crippen molar-refractivity contribution < 1.29 is 4.79 Å². The van der Waals surface area contributed by atoms with E-state index in [0.29, 0.717) is 11.6 Å². The Labute approximate surface area is 140 Å². The van der Waals surface area contributed by atoms with E-state index < -0.39 is 0 Å². The number of aryl methyl sites for hydroxylation is 1. The Bertz CT molecular complexity index is 880. The number of hydrogen-bond acceptors (Lipinski definition) is 4. The molecule has 6 heteroatoms. The number of pyridine rings is 2. The zero-order chi connectivity index (χ0) is 16.5. The Morgan fingerprint density at radius 1 is 1.12 bits per heavy atom. The van der Waals surface area contributed by atoms with Gasteiger partial charge in [0.15, 0.2) is 5.65 Å². The van der Waals surface area contributed by atoms with Gasteiger partial charge in [-0.05, 0) is 43.2 Å². The van der Waals surface area contributed by atoms with E-state index in [1.807, 2.05) is 17.0 Å². The van der Waals surface area contributed by atoms with Gasteiger partial charge < -0.3 is 4.90 Å². The summed E-state index contributed by atoms with van der Waals surface area (Å²) in [4.78, 5) is 23.5. The Morgan fingerprint density at radius 2 is 1.96 bits per heavy atom. The van der Waals surface area contributed by atoms with Gasteiger partial charge in [-0.3, -0.25) is 9.48 Å². The molecule has 0 radical (unpaired) electrons. The summed E-state index contributed by atoms with van der Waals surface area (Å²) in [6, 6.07) is 9.89. The second-order valence-electron chi connectivity index (χ2n) is 6.19. The fraction of sp³-hybridized carbons (Fsp3) is 0.333. The van der Waals surface area contributed by atoms with E-state index in [-0.39, 0.29) is 5.91 Å². The van der Waals surface area contributed by atoms with E-state index in [2.05, 4.69) is 22.2 Å². The summed E-state index contributed by atoms with van der Waals surface area (Å²) in [7, 11) is 1.80. The lowest BCUT2D eigenvalue weighted by atomic mass is 9.92. The zero-order valence-corrected chi connectivity index (χ0v) is 13.6. The van der Waals surface area contributed by atoms with E-state index in [4.69, 9.17) is 4.98 Å². The molecule has 3 aromatic rings. The van der Waals surface area contributed by atoms with Crippen molar-refractivity contribution >= 4 is 16.9 Å². The van der Waals surface area contributed by atoms with Crippen LogP contribution >= 0.6 is 0 Å². The summed E-state index contributed by atoms with van der Waals surface area (Å²) in [6.07, 6.45) is 5.28. The standard InChI is InChI=1S/C18H19N5O/c1-22-16(6-10-20-22)18(24)23-11-7-13(8-12-23)15-5-4-14-3-2-9-19-17(14)21-15/h2-6,9-10,13H,7-8,11-12H2,1H3. The predicted molar refractivity (Wildman–Crippen MR) is 90.6 cm³/mol. The van der Waals surface area contributed by atoms with E-state index in [1.54, 1.807) is 30.2 Å². The van der Waals surface area contributed by atoms with E-state index in [1.165, 1.54) is 0 Å². The van der Waals surface area contributed by atoms with Crippen LogP contribution in [0.25, 0.3) is 11.0 Å². The van der Waals surface area contributed by atoms with Crippen LogP contribution in [0.1, 0.15) is 34.9 Å². The molecule has 0 N–H and O–H groups in total. The highest BCUT2D eigenvalue weighted by molar-refractivity contribution is 5.92. The maximum Gasteiger partial charge on any atom is 0.272 e. The molecule has 6 nitrogen and oxygen atoms in total. The van der Waals surface area contributed by atoms with Crippen molar-refractivity contribution in [2.24, 2.45) is 7.05 Å². The van der Waals surface area contributed by atoms with Gasteiger partial charge in [0.05, 0.1) is 0 Å². The van der Waals surface area contributed by atoms with Crippen LogP contribution in [-0.2, 0) is 7.05 Å². The summed E-state index contributed by atoms with van der Waals surface area (Å²) >= 11 is 0. The summed E-state index contributed by atoms with van der Waals surface area (Å²) < 4.78 is 1.63. The van der Waals surface area contributed by atoms with Gasteiger partial charge in [0.1, 0.15) is 5.69 Å². The molecular formula is C18H19N5O. The molecule has 0 bridgehead atoms. The third-order valence-electron chi connectivity index (χ3n) is 4.73. The molecular weight excluding hydrogens is 302 g/mol. The number of nitrogens with zero attached hydrogens (tertiary/aromatic N) is 5. The Balaban J connectivity index is 1.47. The number of rotatable bonds is 2. The van der Waals surface area contributed by atoms with Crippen molar-refractivity contribution in [3.8, 4) is 0 Å². The SMILES string of the molecule is Cn1nccc1C(=O)N1CCC(c2ccc3cccnc3n2)CC1. The first-order valence-corrected chi connectivity index (χ1v) is 8.21. The van der Waals surface area contributed by atoms with Crippen molar-refractivity contribution in [2.75, 3.05) is 13.1 Å². The molecule has 4 heterocycles. The number of amides is 1. The maximum atomic E-state index is 12.5. The van der Waals surface area contributed by atoms with Crippen molar-refractivity contribution in [2.45, 2.75) is 18.8 Å². The molecule has 0 aliphatic carbocycles. The van der Waals surface area contributed by atoms with Crippen LogP contribution in [0.2, 0.25) is 0 Å². The van der Waals surface area contributed by atoms with Crippen LogP contribution in [0.5, 0.6) is 0 Å². The van der Waals surface area contributed by atoms with Crippen LogP contribution in [-0.4, -0.2) is 43.6 Å². The quantitative estimate of drug-likeness (QED) is 0.727. The molecule has 3 aromatic heterocycles. The van der Waals surface area contributed by atoms with E-state index in [0.717, 1.165) is 42.7 Å². The summed E-state index contributed by atoms with van der Waals surface area (Å²) in [6.45, 7) is 1.49. The minimum atomic E-state index is 0.0570. The van der Waals surface area contributed by atoms with E-state index >= 15 is 0 Å². The maximum absolute atomic E-state index is 12.5.